The quantitative estimate of drug-likeness (QED) is 0.830. The van der Waals surface area contributed by atoms with Crippen LogP contribution in [0.25, 0.3) is 0 Å². The number of aliphatic hydroxyl groups is 1. The first kappa shape index (κ1) is 14.5. The van der Waals surface area contributed by atoms with E-state index in [0.717, 1.165) is 29.9 Å². The van der Waals surface area contributed by atoms with E-state index in [-0.39, 0.29) is 5.82 Å². The molecular weight excluding hydrogens is 239 g/mol. The average molecular weight is 264 g/mol. The van der Waals surface area contributed by atoms with E-state index in [9.17, 15) is 9.50 Å². The summed E-state index contributed by atoms with van der Waals surface area (Å²) in [6, 6.07) is 4.90. The Morgan fingerprint density at radius 2 is 1.89 bits per heavy atom. The summed E-state index contributed by atoms with van der Waals surface area (Å²) >= 11 is 0. The first-order valence-electron chi connectivity index (χ1n) is 7.55. The molecule has 1 fully saturated rings. The molecule has 19 heavy (non-hydrogen) atoms. The molecule has 1 atom stereocenters. The van der Waals surface area contributed by atoms with Crippen molar-refractivity contribution in [2.75, 3.05) is 0 Å². The molecule has 1 aliphatic rings. The van der Waals surface area contributed by atoms with Crippen molar-refractivity contribution in [3.05, 3.63) is 35.1 Å². The number of aliphatic hydroxyl groups excluding tert-OH is 1. The molecule has 106 valence electrons. The molecule has 1 nitrogen and oxygen atoms in total. The predicted molar refractivity (Wildman–Crippen MR) is 76.5 cm³/mol. The highest BCUT2D eigenvalue weighted by Gasteiger charge is 2.27. The second kappa shape index (κ2) is 6.51. The molecule has 1 unspecified atom stereocenters. The third kappa shape index (κ3) is 3.79. The molecule has 2 rings (SSSR count). The minimum absolute atomic E-state index is 0.242. The van der Waals surface area contributed by atoms with Crippen LogP contribution in [0.5, 0.6) is 0 Å². The molecule has 0 bridgehead atoms. The lowest BCUT2D eigenvalue weighted by Crippen LogP contribution is -2.20. The van der Waals surface area contributed by atoms with Gasteiger partial charge < -0.3 is 5.11 Å². The van der Waals surface area contributed by atoms with Gasteiger partial charge >= 0.3 is 0 Å². The maximum absolute atomic E-state index is 13.4. The zero-order valence-electron chi connectivity index (χ0n) is 12.0. The van der Waals surface area contributed by atoms with Gasteiger partial charge in [0.2, 0.25) is 0 Å². The van der Waals surface area contributed by atoms with Gasteiger partial charge in [-0.05, 0) is 54.9 Å². The number of rotatable bonds is 4. The zero-order chi connectivity index (χ0) is 13.8. The molecule has 0 radical (unpaired) electrons. The summed E-state index contributed by atoms with van der Waals surface area (Å²) in [5, 5.41) is 10.4. The minimum Gasteiger partial charge on any atom is -0.388 e. The highest BCUT2D eigenvalue weighted by Crippen LogP contribution is 2.38. The molecule has 0 amide bonds. The molecule has 0 saturated heterocycles. The van der Waals surface area contributed by atoms with Crippen molar-refractivity contribution >= 4 is 0 Å². The van der Waals surface area contributed by atoms with Crippen LogP contribution >= 0.6 is 0 Å². The summed E-state index contributed by atoms with van der Waals surface area (Å²) < 4.78 is 13.4. The Balaban J connectivity index is 1.98. The number of benzene rings is 1. The van der Waals surface area contributed by atoms with Crippen LogP contribution in [-0.4, -0.2) is 5.11 Å². The molecule has 2 heteroatoms. The van der Waals surface area contributed by atoms with Crippen LogP contribution in [0.4, 0.5) is 4.39 Å². The standard InChI is InChI=1S/C17H25FO/c1-3-4-13-5-7-14(8-6-13)17(19)15-9-12(2)10-16(18)11-15/h9-11,13-14,17,19H,3-8H2,1-2H3. The van der Waals surface area contributed by atoms with E-state index >= 15 is 0 Å². The van der Waals surface area contributed by atoms with Crippen molar-refractivity contribution in [3.63, 3.8) is 0 Å². The molecule has 1 saturated carbocycles. The van der Waals surface area contributed by atoms with Gasteiger partial charge in [-0.25, -0.2) is 4.39 Å². The van der Waals surface area contributed by atoms with Gasteiger partial charge in [-0.15, -0.1) is 0 Å². The van der Waals surface area contributed by atoms with Crippen molar-refractivity contribution in [2.45, 2.75) is 58.5 Å². The highest BCUT2D eigenvalue weighted by molar-refractivity contribution is 5.25. The van der Waals surface area contributed by atoms with E-state index in [1.54, 1.807) is 0 Å². The highest BCUT2D eigenvalue weighted by atomic mass is 19.1. The van der Waals surface area contributed by atoms with Crippen molar-refractivity contribution < 1.29 is 9.50 Å². The van der Waals surface area contributed by atoms with Crippen LogP contribution < -0.4 is 0 Å². The fourth-order valence-electron chi connectivity index (χ4n) is 3.41. The lowest BCUT2D eigenvalue weighted by atomic mass is 9.76. The van der Waals surface area contributed by atoms with Crippen LogP contribution in [0.1, 0.15) is 62.7 Å². The summed E-state index contributed by atoms with van der Waals surface area (Å²) in [5.74, 6) is 0.894. The fourth-order valence-corrected chi connectivity index (χ4v) is 3.41. The molecule has 0 aliphatic heterocycles. The molecule has 1 aliphatic carbocycles. The van der Waals surface area contributed by atoms with Gasteiger partial charge in [-0.1, -0.05) is 38.7 Å². The summed E-state index contributed by atoms with van der Waals surface area (Å²) in [7, 11) is 0. The van der Waals surface area contributed by atoms with Crippen molar-refractivity contribution in [2.24, 2.45) is 11.8 Å². The van der Waals surface area contributed by atoms with Crippen molar-refractivity contribution in [1.82, 2.24) is 0 Å². The third-order valence-corrected chi connectivity index (χ3v) is 4.44. The molecular formula is C17H25FO. The molecule has 0 heterocycles. The fraction of sp³-hybridized carbons (Fsp3) is 0.647. The van der Waals surface area contributed by atoms with E-state index < -0.39 is 6.10 Å². The smallest absolute Gasteiger partial charge is 0.123 e. The number of hydrogen-bond acceptors (Lipinski definition) is 1. The predicted octanol–water partition coefficient (Wildman–Crippen LogP) is 4.77. The average Bonchev–Trinajstić information content (AvgIpc) is 2.38. The Hall–Kier alpha value is -0.890. The second-order valence-corrected chi connectivity index (χ2v) is 6.08. The van der Waals surface area contributed by atoms with Crippen LogP contribution in [0.3, 0.4) is 0 Å². The maximum Gasteiger partial charge on any atom is 0.123 e. The van der Waals surface area contributed by atoms with E-state index in [4.69, 9.17) is 0 Å². The third-order valence-electron chi connectivity index (χ3n) is 4.44. The van der Waals surface area contributed by atoms with Crippen LogP contribution in [0.2, 0.25) is 0 Å². The summed E-state index contributed by atoms with van der Waals surface area (Å²) in [6.07, 6.45) is 6.62. The monoisotopic (exact) mass is 264 g/mol. The van der Waals surface area contributed by atoms with Crippen LogP contribution in [0.15, 0.2) is 18.2 Å². The SMILES string of the molecule is CCCC1CCC(C(O)c2cc(C)cc(F)c2)CC1. The number of hydrogen-bond donors (Lipinski definition) is 1. The Morgan fingerprint density at radius 1 is 1.21 bits per heavy atom. The van der Waals surface area contributed by atoms with Crippen LogP contribution in [0, 0.1) is 24.6 Å². The maximum atomic E-state index is 13.4. The minimum atomic E-state index is -0.503. The Bertz CT molecular complexity index is 387. The van der Waals surface area contributed by atoms with Crippen LogP contribution in [-0.2, 0) is 0 Å². The number of aryl methyl sites for hydroxylation is 1. The number of halogens is 1. The zero-order valence-corrected chi connectivity index (χ0v) is 12.0. The van der Waals surface area contributed by atoms with Gasteiger partial charge in [-0.2, -0.15) is 0 Å². The van der Waals surface area contributed by atoms with Gasteiger partial charge in [0.05, 0.1) is 6.10 Å². The first-order chi connectivity index (χ1) is 9.10. The summed E-state index contributed by atoms with van der Waals surface area (Å²) in [4.78, 5) is 0. The van der Waals surface area contributed by atoms with Gasteiger partial charge in [0.15, 0.2) is 0 Å². The van der Waals surface area contributed by atoms with Gasteiger partial charge in [-0.3, -0.25) is 0 Å². The molecule has 1 aromatic carbocycles. The molecule has 0 aromatic heterocycles. The lowest BCUT2D eigenvalue weighted by molar-refractivity contribution is 0.0719. The van der Waals surface area contributed by atoms with Gasteiger partial charge in [0, 0.05) is 0 Å². The van der Waals surface area contributed by atoms with E-state index in [1.165, 1.54) is 37.8 Å². The lowest BCUT2D eigenvalue weighted by Gasteiger charge is -2.31. The Kier molecular flexibility index (Phi) is 4.98. The topological polar surface area (TPSA) is 20.2 Å². The normalized spacial score (nSPS) is 25.3. The molecule has 1 N–H and O–H groups in total. The summed E-state index contributed by atoms with van der Waals surface area (Å²) in [6.45, 7) is 4.11. The largest absolute Gasteiger partial charge is 0.388 e. The molecule has 1 aromatic rings. The van der Waals surface area contributed by atoms with Gasteiger partial charge in [0.25, 0.3) is 0 Å². The molecule has 0 spiro atoms. The Morgan fingerprint density at radius 3 is 2.47 bits per heavy atom. The first-order valence-corrected chi connectivity index (χ1v) is 7.55. The Labute approximate surface area is 115 Å². The van der Waals surface area contributed by atoms with Crippen molar-refractivity contribution in [3.8, 4) is 0 Å². The van der Waals surface area contributed by atoms with Crippen molar-refractivity contribution in [1.29, 1.82) is 0 Å². The summed E-state index contributed by atoms with van der Waals surface area (Å²) in [5.41, 5.74) is 1.63. The van der Waals surface area contributed by atoms with E-state index in [1.807, 2.05) is 13.0 Å². The van der Waals surface area contributed by atoms with E-state index in [2.05, 4.69) is 6.92 Å². The van der Waals surface area contributed by atoms with E-state index in [0.29, 0.717) is 5.92 Å². The van der Waals surface area contributed by atoms with Gasteiger partial charge in [0.1, 0.15) is 5.82 Å². The second-order valence-electron chi connectivity index (χ2n) is 6.08.